The molecule has 11 heteroatoms. The standard InChI is InChI=1S/C24H21NO2S.C16H17NO2.C8H5BrS.C4H9O.Na/c1-17-3-2-4-21(15-17)25(22-9-10-23-19(16-22)11-14-28-23)20-7-5-18(6-8-20)24-26-12-13-27-24;1-12-3-2-4-15(11-12)17-14-7-5-13(6-8-14)16-18-9-10-19-16;9-7-1-2-8-6(5-7)3-4-10-8;1-4(2,3)5;/h2-11,14-16,24H,12-13H2,1H3;2-8,11,16-17H,9-10H2,1H3;1-5H;1-3H3;/q;;;-1;+1. The maximum absolute atomic E-state index is 10.1. The Labute approximate surface area is 410 Å². The Morgan fingerprint density at radius 3 is 1.59 bits per heavy atom. The van der Waals surface area contributed by atoms with Gasteiger partial charge in [-0.25, -0.2) is 0 Å². The minimum absolute atomic E-state index is 0. The number of thiophene rings is 2. The van der Waals surface area contributed by atoms with E-state index in [1.54, 1.807) is 43.4 Å². The normalized spacial score (nSPS) is 13.8. The van der Waals surface area contributed by atoms with E-state index in [9.17, 15) is 5.11 Å². The fraction of sp³-hybridized carbons (Fsp3) is 0.231. The summed E-state index contributed by atoms with van der Waals surface area (Å²) < 4.78 is 26.0. The summed E-state index contributed by atoms with van der Waals surface area (Å²) >= 11 is 6.97. The maximum atomic E-state index is 10.1. The van der Waals surface area contributed by atoms with Gasteiger partial charge in [0.2, 0.25) is 0 Å². The zero-order valence-corrected chi connectivity index (χ0v) is 41.9. The van der Waals surface area contributed by atoms with Crippen LogP contribution in [0.5, 0.6) is 0 Å². The summed E-state index contributed by atoms with van der Waals surface area (Å²) in [5.74, 6) is 0. The van der Waals surface area contributed by atoms with Crippen LogP contribution in [0.2, 0.25) is 0 Å². The van der Waals surface area contributed by atoms with Crippen molar-refractivity contribution in [3.05, 3.63) is 183 Å². The van der Waals surface area contributed by atoms with E-state index in [0.29, 0.717) is 26.4 Å². The van der Waals surface area contributed by atoms with E-state index in [0.717, 1.165) is 44.0 Å². The summed E-state index contributed by atoms with van der Waals surface area (Å²) in [6.07, 6.45) is -0.448. The molecule has 7 nitrogen and oxygen atoms in total. The molecule has 0 radical (unpaired) electrons. The molecule has 0 unspecified atom stereocenters. The zero-order chi connectivity index (χ0) is 43.5. The molecule has 1 N–H and O–H groups in total. The van der Waals surface area contributed by atoms with Crippen LogP contribution in [0.4, 0.5) is 28.4 Å². The third kappa shape index (κ3) is 14.6. The van der Waals surface area contributed by atoms with Crippen molar-refractivity contribution in [1.29, 1.82) is 0 Å². The number of hydrogen-bond donors (Lipinski definition) is 1. The Balaban J connectivity index is 0.000000162. The first-order valence-corrected chi connectivity index (χ1v) is 23.2. The van der Waals surface area contributed by atoms with Crippen LogP contribution in [0.1, 0.15) is 55.6 Å². The number of anilines is 5. The quantitative estimate of drug-likeness (QED) is 0.160. The largest absolute Gasteiger partial charge is 1.00 e. The Bertz CT molecular complexity index is 2630. The van der Waals surface area contributed by atoms with E-state index >= 15 is 0 Å². The van der Waals surface area contributed by atoms with Crippen LogP contribution in [0, 0.1) is 13.8 Å². The van der Waals surface area contributed by atoms with Gasteiger partial charge in [0.1, 0.15) is 0 Å². The molecule has 2 saturated heterocycles. The molecule has 2 aromatic heterocycles. The Kier molecular flexibility index (Phi) is 18.0. The number of ether oxygens (including phenoxy) is 4. The monoisotopic (exact) mass is 950 g/mol. The van der Waals surface area contributed by atoms with Crippen molar-refractivity contribution in [2.24, 2.45) is 0 Å². The molecule has 8 aromatic rings. The summed E-state index contributed by atoms with van der Waals surface area (Å²) in [4.78, 5) is 2.30. The van der Waals surface area contributed by atoms with E-state index in [1.807, 2.05) is 30.3 Å². The second-order valence-electron chi connectivity index (χ2n) is 15.9. The fourth-order valence-electron chi connectivity index (χ4n) is 6.74. The SMILES string of the molecule is Brc1ccc2sccc2c1.CC(C)(C)[O-].Cc1cccc(N(c2ccc(C3OCCO3)cc2)c2ccc3sccc3c2)c1.Cc1cccc(Nc2ccc(C3OCCO3)cc2)c1.[Na+]. The van der Waals surface area contributed by atoms with Gasteiger partial charge in [-0.05, 0) is 144 Å². The molecule has 320 valence electrons. The van der Waals surface area contributed by atoms with Crippen molar-refractivity contribution in [2.75, 3.05) is 36.6 Å². The molecule has 0 spiro atoms. The van der Waals surface area contributed by atoms with E-state index in [-0.39, 0.29) is 42.1 Å². The van der Waals surface area contributed by atoms with Crippen LogP contribution in [-0.4, -0.2) is 32.0 Å². The third-order valence-corrected chi connectivity index (χ3v) is 11.8. The molecule has 2 aliphatic rings. The van der Waals surface area contributed by atoms with Gasteiger partial charge in [0.05, 0.1) is 26.4 Å². The number of aryl methyl sites for hydroxylation is 2. The Morgan fingerprint density at radius 2 is 1.03 bits per heavy atom. The minimum Gasteiger partial charge on any atom is -0.850 e. The van der Waals surface area contributed by atoms with Gasteiger partial charge in [-0.15, -0.1) is 28.3 Å². The van der Waals surface area contributed by atoms with Crippen molar-refractivity contribution in [3.8, 4) is 0 Å². The van der Waals surface area contributed by atoms with Crippen LogP contribution < -0.4 is 44.9 Å². The smallest absolute Gasteiger partial charge is 0.850 e. The average Bonchev–Trinajstić information content (AvgIpc) is 4.10. The predicted octanol–water partition coefficient (Wildman–Crippen LogP) is 11.3. The predicted molar refractivity (Wildman–Crippen MR) is 261 cm³/mol. The van der Waals surface area contributed by atoms with Crippen LogP contribution >= 0.6 is 38.6 Å². The van der Waals surface area contributed by atoms with Gasteiger partial charge in [-0.2, -0.15) is 0 Å². The number of nitrogens with zero attached hydrogens (tertiary/aromatic N) is 1. The van der Waals surface area contributed by atoms with Crippen LogP contribution in [0.15, 0.2) is 161 Å². The summed E-state index contributed by atoms with van der Waals surface area (Å²) in [6, 6.07) is 50.8. The van der Waals surface area contributed by atoms with Crippen LogP contribution in [0.25, 0.3) is 20.2 Å². The number of fused-ring (bicyclic) bond motifs is 2. The molecule has 0 bridgehead atoms. The molecule has 63 heavy (non-hydrogen) atoms. The summed E-state index contributed by atoms with van der Waals surface area (Å²) in [5, 5.41) is 20.3. The molecular formula is C52H52BrN2NaO5S2. The van der Waals surface area contributed by atoms with Gasteiger partial charge >= 0.3 is 29.6 Å². The second-order valence-corrected chi connectivity index (χ2v) is 18.7. The first-order chi connectivity index (χ1) is 29.9. The second kappa shape index (κ2) is 23.3. The van der Waals surface area contributed by atoms with Gasteiger partial charge in [-0.3, -0.25) is 0 Å². The molecule has 6 aromatic carbocycles. The van der Waals surface area contributed by atoms with Crippen molar-refractivity contribution in [1.82, 2.24) is 0 Å². The molecule has 2 fully saturated rings. The van der Waals surface area contributed by atoms with E-state index < -0.39 is 5.60 Å². The minimum atomic E-state index is -0.750. The van der Waals surface area contributed by atoms with Crippen molar-refractivity contribution >= 4 is 87.2 Å². The van der Waals surface area contributed by atoms with Gasteiger partial charge in [0.15, 0.2) is 12.6 Å². The van der Waals surface area contributed by atoms with Crippen molar-refractivity contribution < 1.29 is 53.6 Å². The van der Waals surface area contributed by atoms with Gasteiger partial charge in [0, 0.05) is 53.4 Å². The topological polar surface area (TPSA) is 75.3 Å². The fourth-order valence-corrected chi connectivity index (χ4v) is 8.66. The van der Waals surface area contributed by atoms with Gasteiger partial charge in [0.25, 0.3) is 0 Å². The summed E-state index contributed by atoms with van der Waals surface area (Å²) in [7, 11) is 0. The van der Waals surface area contributed by atoms with Crippen molar-refractivity contribution in [2.45, 2.75) is 52.8 Å². The van der Waals surface area contributed by atoms with E-state index in [1.165, 1.54) is 31.3 Å². The zero-order valence-electron chi connectivity index (χ0n) is 36.7. The Morgan fingerprint density at radius 1 is 0.556 bits per heavy atom. The summed E-state index contributed by atoms with van der Waals surface area (Å²) in [5.41, 5.74) is 9.42. The van der Waals surface area contributed by atoms with Crippen molar-refractivity contribution in [3.63, 3.8) is 0 Å². The number of benzene rings is 6. The third-order valence-electron chi connectivity index (χ3n) is 9.53. The first-order valence-electron chi connectivity index (χ1n) is 20.6. The first kappa shape index (κ1) is 48.6. The molecule has 4 heterocycles. The number of hydrogen-bond acceptors (Lipinski definition) is 9. The Hall–Kier alpha value is -3.88. The maximum Gasteiger partial charge on any atom is 1.00 e. The van der Waals surface area contributed by atoms with Crippen LogP contribution in [0.3, 0.4) is 0 Å². The average molecular weight is 952 g/mol. The molecular weight excluding hydrogens is 900 g/mol. The summed E-state index contributed by atoms with van der Waals surface area (Å²) in [6.45, 7) is 11.8. The molecule has 10 rings (SSSR count). The molecule has 0 aliphatic carbocycles. The van der Waals surface area contributed by atoms with Gasteiger partial charge < -0.3 is 34.3 Å². The molecule has 0 amide bonds. The van der Waals surface area contributed by atoms with E-state index in [2.05, 4.69) is 166 Å². The van der Waals surface area contributed by atoms with Crippen LogP contribution in [-0.2, 0) is 18.9 Å². The van der Waals surface area contributed by atoms with Gasteiger partial charge in [-0.1, -0.05) is 85.2 Å². The number of nitrogens with one attached hydrogen (secondary N) is 1. The number of rotatable bonds is 7. The molecule has 0 atom stereocenters. The molecule has 2 aliphatic heterocycles. The number of halogens is 1. The molecule has 0 saturated carbocycles. The van der Waals surface area contributed by atoms with E-state index in [4.69, 9.17) is 18.9 Å².